The first-order chi connectivity index (χ1) is 11.1. The number of halogens is 1. The predicted molar refractivity (Wildman–Crippen MR) is 91.0 cm³/mol. The Balaban J connectivity index is 1.55. The molecule has 1 saturated carbocycles. The van der Waals surface area contributed by atoms with Crippen molar-refractivity contribution in [1.82, 2.24) is 4.90 Å². The number of aliphatic hydroxyl groups is 1. The highest BCUT2D eigenvalue weighted by molar-refractivity contribution is 6.30. The lowest BCUT2D eigenvalue weighted by Gasteiger charge is -2.36. The van der Waals surface area contributed by atoms with Gasteiger partial charge in [0.2, 0.25) is 5.91 Å². The van der Waals surface area contributed by atoms with Gasteiger partial charge >= 0.3 is 0 Å². The maximum atomic E-state index is 12.6. The number of carbonyl (C=O) groups is 1. The molecule has 2 aliphatic rings. The molecule has 3 atom stereocenters. The number of nitrogens with two attached hydrogens (primary N) is 1. The summed E-state index contributed by atoms with van der Waals surface area (Å²) < 4.78 is 0. The molecule has 1 heterocycles. The number of piperidine rings is 1. The number of rotatable bonds is 3. The van der Waals surface area contributed by atoms with Gasteiger partial charge in [0.1, 0.15) is 0 Å². The Morgan fingerprint density at radius 1 is 1.17 bits per heavy atom. The number of hydrogen-bond acceptors (Lipinski definition) is 3. The van der Waals surface area contributed by atoms with Crippen molar-refractivity contribution in [2.45, 2.75) is 44.2 Å². The topological polar surface area (TPSA) is 66.6 Å². The van der Waals surface area contributed by atoms with Crippen LogP contribution >= 0.6 is 11.6 Å². The molecule has 126 valence electrons. The van der Waals surface area contributed by atoms with E-state index >= 15 is 0 Å². The van der Waals surface area contributed by atoms with Crippen LogP contribution in [-0.4, -0.2) is 35.0 Å². The lowest BCUT2D eigenvalue weighted by atomic mass is 9.87. The number of benzene rings is 1. The monoisotopic (exact) mass is 336 g/mol. The Morgan fingerprint density at radius 2 is 1.83 bits per heavy atom. The molecule has 1 aliphatic carbocycles. The summed E-state index contributed by atoms with van der Waals surface area (Å²) in [5, 5.41) is 11.2. The van der Waals surface area contributed by atoms with E-state index in [1.165, 1.54) is 0 Å². The lowest BCUT2D eigenvalue weighted by molar-refractivity contribution is -0.137. The second-order valence-electron chi connectivity index (χ2n) is 6.86. The second-order valence-corrected chi connectivity index (χ2v) is 7.30. The maximum absolute atomic E-state index is 12.6. The van der Waals surface area contributed by atoms with Crippen molar-refractivity contribution in [1.29, 1.82) is 0 Å². The van der Waals surface area contributed by atoms with Crippen LogP contribution in [0.1, 0.15) is 43.8 Å². The first-order valence-corrected chi connectivity index (χ1v) is 8.92. The third-order valence-corrected chi connectivity index (χ3v) is 5.65. The van der Waals surface area contributed by atoms with Crippen molar-refractivity contribution in [2.75, 3.05) is 13.1 Å². The molecule has 1 aromatic rings. The van der Waals surface area contributed by atoms with Gasteiger partial charge in [-0.05, 0) is 49.3 Å². The van der Waals surface area contributed by atoms with Gasteiger partial charge < -0.3 is 15.7 Å². The Labute approximate surface area is 142 Å². The van der Waals surface area contributed by atoms with Gasteiger partial charge in [0, 0.05) is 24.2 Å². The summed E-state index contributed by atoms with van der Waals surface area (Å²) >= 11 is 5.89. The van der Waals surface area contributed by atoms with Crippen LogP contribution in [0.2, 0.25) is 5.02 Å². The number of nitrogens with zero attached hydrogens (tertiary/aromatic N) is 1. The summed E-state index contributed by atoms with van der Waals surface area (Å²) in [6.45, 7) is 1.44. The number of likely N-dealkylation sites (tertiary alicyclic amines) is 1. The molecule has 1 aromatic carbocycles. The fourth-order valence-corrected chi connectivity index (χ4v) is 4.02. The van der Waals surface area contributed by atoms with Crippen LogP contribution in [0.5, 0.6) is 0 Å². The minimum Gasteiger partial charge on any atom is -0.388 e. The highest BCUT2D eigenvalue weighted by Crippen LogP contribution is 2.33. The van der Waals surface area contributed by atoms with Gasteiger partial charge in [-0.25, -0.2) is 0 Å². The van der Waals surface area contributed by atoms with Gasteiger partial charge in [-0.1, -0.05) is 30.2 Å². The highest BCUT2D eigenvalue weighted by Gasteiger charge is 2.35. The average Bonchev–Trinajstić information content (AvgIpc) is 3.00. The Hall–Kier alpha value is -1.10. The van der Waals surface area contributed by atoms with E-state index in [1.807, 2.05) is 17.0 Å². The summed E-state index contributed by atoms with van der Waals surface area (Å²) in [6.07, 6.45) is 4.12. The smallest absolute Gasteiger partial charge is 0.227 e. The third-order valence-electron chi connectivity index (χ3n) is 5.40. The van der Waals surface area contributed by atoms with Gasteiger partial charge in [-0.15, -0.1) is 0 Å². The average molecular weight is 337 g/mol. The molecule has 3 rings (SSSR count). The van der Waals surface area contributed by atoms with E-state index in [-0.39, 0.29) is 23.8 Å². The molecular weight excluding hydrogens is 312 g/mol. The van der Waals surface area contributed by atoms with E-state index in [0.717, 1.165) is 50.8 Å². The van der Waals surface area contributed by atoms with Gasteiger partial charge in [-0.3, -0.25) is 4.79 Å². The second kappa shape index (κ2) is 7.20. The van der Waals surface area contributed by atoms with Crippen LogP contribution < -0.4 is 5.73 Å². The van der Waals surface area contributed by atoms with Gasteiger partial charge in [0.15, 0.2) is 0 Å². The molecule has 0 radical (unpaired) electrons. The molecule has 1 amide bonds. The Morgan fingerprint density at radius 3 is 2.39 bits per heavy atom. The SMILES string of the molecule is NC1CCCC1C(=O)N1CCC(C(O)c2ccc(Cl)cc2)CC1. The minimum atomic E-state index is -0.488. The zero-order valence-corrected chi connectivity index (χ0v) is 14.1. The molecule has 1 aliphatic heterocycles. The lowest BCUT2D eigenvalue weighted by Crippen LogP contribution is -2.45. The van der Waals surface area contributed by atoms with Crippen LogP contribution in [0.4, 0.5) is 0 Å². The third kappa shape index (κ3) is 3.70. The fourth-order valence-electron chi connectivity index (χ4n) is 3.90. The van der Waals surface area contributed by atoms with Crippen LogP contribution in [-0.2, 0) is 4.79 Å². The summed E-state index contributed by atoms with van der Waals surface area (Å²) in [5.41, 5.74) is 6.95. The summed E-state index contributed by atoms with van der Waals surface area (Å²) in [7, 11) is 0. The molecule has 0 aromatic heterocycles. The van der Waals surface area contributed by atoms with E-state index in [0.29, 0.717) is 5.02 Å². The quantitative estimate of drug-likeness (QED) is 0.892. The van der Waals surface area contributed by atoms with Crippen molar-refractivity contribution in [2.24, 2.45) is 17.6 Å². The zero-order chi connectivity index (χ0) is 16.4. The standard InChI is InChI=1S/C18H25ClN2O2/c19-14-6-4-12(5-7-14)17(22)13-8-10-21(11-9-13)18(23)15-2-1-3-16(15)20/h4-7,13,15-17,22H,1-3,8-11,20H2. The summed E-state index contributed by atoms with van der Waals surface area (Å²) in [4.78, 5) is 14.5. The van der Waals surface area contributed by atoms with Crippen molar-refractivity contribution in [3.63, 3.8) is 0 Å². The van der Waals surface area contributed by atoms with Crippen molar-refractivity contribution in [3.05, 3.63) is 34.9 Å². The molecule has 23 heavy (non-hydrogen) atoms. The van der Waals surface area contributed by atoms with Crippen molar-refractivity contribution in [3.8, 4) is 0 Å². The molecule has 5 heteroatoms. The van der Waals surface area contributed by atoms with Crippen LogP contribution in [0.25, 0.3) is 0 Å². The summed E-state index contributed by atoms with van der Waals surface area (Å²) in [5.74, 6) is 0.416. The Kier molecular flexibility index (Phi) is 5.24. The molecule has 2 fully saturated rings. The van der Waals surface area contributed by atoms with E-state index in [1.54, 1.807) is 12.1 Å². The summed E-state index contributed by atoms with van der Waals surface area (Å²) in [6, 6.07) is 7.39. The Bertz CT molecular complexity index is 540. The first-order valence-electron chi connectivity index (χ1n) is 8.54. The fraction of sp³-hybridized carbons (Fsp3) is 0.611. The molecule has 4 nitrogen and oxygen atoms in total. The molecule has 3 unspecified atom stereocenters. The van der Waals surface area contributed by atoms with E-state index < -0.39 is 6.10 Å². The number of carbonyl (C=O) groups excluding carboxylic acids is 1. The van der Waals surface area contributed by atoms with E-state index in [4.69, 9.17) is 17.3 Å². The number of aliphatic hydroxyl groups excluding tert-OH is 1. The molecule has 0 spiro atoms. The van der Waals surface area contributed by atoms with Crippen molar-refractivity contribution >= 4 is 17.5 Å². The normalized spacial score (nSPS) is 27.2. The maximum Gasteiger partial charge on any atom is 0.227 e. The van der Waals surface area contributed by atoms with Gasteiger partial charge in [0.05, 0.1) is 12.0 Å². The van der Waals surface area contributed by atoms with Gasteiger partial charge in [0.25, 0.3) is 0 Å². The molecule has 1 saturated heterocycles. The number of amides is 1. The predicted octanol–water partition coefficient (Wildman–Crippen LogP) is 2.74. The molecular formula is C18H25ClN2O2. The van der Waals surface area contributed by atoms with Crippen molar-refractivity contribution < 1.29 is 9.90 Å². The number of hydrogen-bond donors (Lipinski definition) is 2. The largest absolute Gasteiger partial charge is 0.388 e. The first kappa shape index (κ1) is 16.7. The van der Waals surface area contributed by atoms with Crippen LogP contribution in [0.15, 0.2) is 24.3 Å². The van der Waals surface area contributed by atoms with Crippen LogP contribution in [0, 0.1) is 11.8 Å². The van der Waals surface area contributed by atoms with Crippen LogP contribution in [0.3, 0.4) is 0 Å². The minimum absolute atomic E-state index is 0.00717. The van der Waals surface area contributed by atoms with Gasteiger partial charge in [-0.2, -0.15) is 0 Å². The zero-order valence-electron chi connectivity index (χ0n) is 13.3. The molecule has 3 N–H and O–H groups in total. The van der Waals surface area contributed by atoms with E-state index in [2.05, 4.69) is 0 Å². The highest BCUT2D eigenvalue weighted by atomic mass is 35.5. The van der Waals surface area contributed by atoms with E-state index in [9.17, 15) is 9.90 Å². The molecule has 0 bridgehead atoms.